The lowest BCUT2D eigenvalue weighted by molar-refractivity contribution is -0.132. The third-order valence-electron chi connectivity index (χ3n) is 3.05. The Kier molecular flexibility index (Phi) is 3.63. The zero-order chi connectivity index (χ0) is 12.3. The molecule has 0 aromatic carbocycles. The molecule has 1 amide bonds. The first-order valence-corrected chi connectivity index (χ1v) is 5.89. The van der Waals surface area contributed by atoms with E-state index in [1.54, 1.807) is 24.0 Å². The number of carbonyl (C=O) groups excluding carboxylic acids is 1. The molecule has 1 N–H and O–H groups in total. The molecule has 0 bridgehead atoms. The highest BCUT2D eigenvalue weighted by Crippen LogP contribution is 1.98. The number of hydrogen-bond donors (Lipinski definition) is 1. The third-order valence-corrected chi connectivity index (χ3v) is 3.05. The maximum absolute atomic E-state index is 11.9. The largest absolute Gasteiger partial charge is 0.340 e. The maximum atomic E-state index is 11.9. The van der Waals surface area contributed by atoms with E-state index in [0.29, 0.717) is 13.0 Å². The molecular formula is C11H18N4O2. The van der Waals surface area contributed by atoms with Crippen LogP contribution in [0.4, 0.5) is 0 Å². The highest BCUT2D eigenvalue weighted by molar-refractivity contribution is 5.76. The molecule has 6 heteroatoms. The predicted octanol–water partition coefficient (Wildman–Crippen LogP) is -0.991. The fourth-order valence-electron chi connectivity index (χ4n) is 1.97. The maximum Gasteiger partial charge on any atom is 0.327 e. The van der Waals surface area contributed by atoms with E-state index in [1.165, 1.54) is 4.57 Å². The molecule has 0 unspecified atom stereocenters. The first-order valence-electron chi connectivity index (χ1n) is 5.89. The van der Waals surface area contributed by atoms with Crippen LogP contribution in [0.2, 0.25) is 0 Å². The van der Waals surface area contributed by atoms with E-state index < -0.39 is 0 Å². The minimum Gasteiger partial charge on any atom is -0.340 e. The minimum absolute atomic E-state index is 0.0712. The average molecular weight is 238 g/mol. The quantitative estimate of drug-likeness (QED) is 0.735. The van der Waals surface area contributed by atoms with Gasteiger partial charge in [0.05, 0.1) is 0 Å². The van der Waals surface area contributed by atoms with Gasteiger partial charge in [0.1, 0.15) is 0 Å². The van der Waals surface area contributed by atoms with Gasteiger partial charge in [-0.1, -0.05) is 0 Å². The summed E-state index contributed by atoms with van der Waals surface area (Å²) in [5.41, 5.74) is -0.0712. The Morgan fingerprint density at radius 1 is 1.35 bits per heavy atom. The van der Waals surface area contributed by atoms with Crippen LogP contribution >= 0.6 is 0 Å². The molecular weight excluding hydrogens is 220 g/mol. The van der Waals surface area contributed by atoms with Crippen LogP contribution in [-0.4, -0.2) is 46.1 Å². The Hall–Kier alpha value is -1.56. The van der Waals surface area contributed by atoms with E-state index in [9.17, 15) is 9.59 Å². The van der Waals surface area contributed by atoms with Crippen LogP contribution in [0.1, 0.15) is 6.42 Å². The normalized spacial score (nSPS) is 16.2. The van der Waals surface area contributed by atoms with Gasteiger partial charge in [0.15, 0.2) is 0 Å². The van der Waals surface area contributed by atoms with Gasteiger partial charge in [-0.3, -0.25) is 9.36 Å². The molecule has 1 aromatic heterocycles. The van der Waals surface area contributed by atoms with Crippen molar-refractivity contribution in [1.29, 1.82) is 0 Å². The molecule has 1 saturated heterocycles. The number of amides is 1. The summed E-state index contributed by atoms with van der Waals surface area (Å²) >= 11 is 0. The molecule has 0 aliphatic carbocycles. The van der Waals surface area contributed by atoms with Crippen molar-refractivity contribution in [2.45, 2.75) is 13.0 Å². The predicted molar refractivity (Wildman–Crippen MR) is 63.7 cm³/mol. The van der Waals surface area contributed by atoms with Crippen LogP contribution in [0.3, 0.4) is 0 Å². The topological polar surface area (TPSA) is 59.3 Å². The van der Waals surface area contributed by atoms with Gasteiger partial charge in [-0.15, -0.1) is 0 Å². The van der Waals surface area contributed by atoms with Crippen molar-refractivity contribution in [2.24, 2.45) is 7.05 Å². The van der Waals surface area contributed by atoms with Gasteiger partial charge in [0.2, 0.25) is 5.91 Å². The van der Waals surface area contributed by atoms with Gasteiger partial charge >= 0.3 is 5.69 Å². The fourth-order valence-corrected chi connectivity index (χ4v) is 1.97. The lowest BCUT2D eigenvalue weighted by atomic mass is 10.3. The average Bonchev–Trinajstić information content (AvgIpc) is 2.68. The fraction of sp³-hybridized carbons (Fsp3) is 0.636. The molecule has 0 radical (unpaired) electrons. The van der Waals surface area contributed by atoms with Crippen molar-refractivity contribution in [1.82, 2.24) is 19.4 Å². The lowest BCUT2D eigenvalue weighted by Gasteiger charge is -2.27. The van der Waals surface area contributed by atoms with Gasteiger partial charge in [-0.25, -0.2) is 4.79 Å². The number of nitrogens with zero attached hydrogens (tertiary/aromatic N) is 3. The van der Waals surface area contributed by atoms with E-state index >= 15 is 0 Å². The van der Waals surface area contributed by atoms with E-state index in [-0.39, 0.29) is 11.6 Å². The Bertz CT molecular complexity index is 443. The number of nitrogens with one attached hydrogen (secondary N) is 1. The molecule has 1 fully saturated rings. The Morgan fingerprint density at radius 2 is 2.06 bits per heavy atom. The second kappa shape index (κ2) is 5.18. The summed E-state index contributed by atoms with van der Waals surface area (Å²) in [6, 6.07) is 0. The van der Waals surface area contributed by atoms with Gasteiger partial charge < -0.3 is 14.8 Å². The summed E-state index contributed by atoms with van der Waals surface area (Å²) in [7, 11) is 1.71. The summed E-state index contributed by atoms with van der Waals surface area (Å²) in [4.78, 5) is 25.3. The number of aryl methyl sites for hydroxylation is 2. The molecule has 94 valence electrons. The monoisotopic (exact) mass is 238 g/mol. The Balaban J connectivity index is 1.87. The molecule has 0 atom stereocenters. The van der Waals surface area contributed by atoms with Crippen LogP contribution < -0.4 is 11.0 Å². The Morgan fingerprint density at radius 3 is 2.65 bits per heavy atom. The molecule has 1 aliphatic rings. The number of imidazole rings is 1. The van der Waals surface area contributed by atoms with Gasteiger partial charge in [-0.05, 0) is 0 Å². The van der Waals surface area contributed by atoms with E-state index in [0.717, 1.165) is 26.2 Å². The van der Waals surface area contributed by atoms with Crippen LogP contribution in [-0.2, 0) is 18.4 Å². The van der Waals surface area contributed by atoms with Crippen molar-refractivity contribution < 1.29 is 4.79 Å². The molecule has 1 aliphatic heterocycles. The molecule has 0 saturated carbocycles. The number of carbonyl (C=O) groups is 1. The number of hydrogen-bond acceptors (Lipinski definition) is 3. The van der Waals surface area contributed by atoms with E-state index in [1.807, 2.05) is 4.90 Å². The summed E-state index contributed by atoms with van der Waals surface area (Å²) in [5.74, 6) is 0.127. The van der Waals surface area contributed by atoms with Gasteiger partial charge in [0, 0.05) is 58.6 Å². The van der Waals surface area contributed by atoms with Crippen molar-refractivity contribution in [3.63, 3.8) is 0 Å². The standard InChI is InChI=1S/C11H18N4O2/c1-13-8-9-15(11(13)17)5-2-10(16)14-6-3-12-4-7-14/h8-9,12H,2-7H2,1H3. The third kappa shape index (κ3) is 2.76. The van der Waals surface area contributed by atoms with E-state index in [4.69, 9.17) is 0 Å². The second-order valence-corrected chi connectivity index (χ2v) is 4.27. The van der Waals surface area contributed by atoms with Crippen molar-refractivity contribution in [2.75, 3.05) is 26.2 Å². The summed E-state index contributed by atoms with van der Waals surface area (Å²) in [5, 5.41) is 3.20. The highest BCUT2D eigenvalue weighted by Gasteiger charge is 2.15. The number of rotatable bonds is 3. The van der Waals surface area contributed by atoms with Gasteiger partial charge in [0.25, 0.3) is 0 Å². The number of piperazine rings is 1. The van der Waals surface area contributed by atoms with Crippen molar-refractivity contribution >= 4 is 5.91 Å². The van der Waals surface area contributed by atoms with Crippen LogP contribution in [0, 0.1) is 0 Å². The molecule has 2 heterocycles. The Labute approximate surface area is 99.8 Å². The molecule has 17 heavy (non-hydrogen) atoms. The van der Waals surface area contributed by atoms with Gasteiger partial charge in [-0.2, -0.15) is 0 Å². The van der Waals surface area contributed by atoms with Crippen LogP contribution in [0.5, 0.6) is 0 Å². The lowest BCUT2D eigenvalue weighted by Crippen LogP contribution is -2.46. The van der Waals surface area contributed by atoms with E-state index in [2.05, 4.69) is 5.32 Å². The van der Waals surface area contributed by atoms with Crippen LogP contribution in [0.15, 0.2) is 17.2 Å². The first kappa shape index (κ1) is 11.9. The zero-order valence-corrected chi connectivity index (χ0v) is 10.1. The molecule has 1 aromatic rings. The summed E-state index contributed by atoms with van der Waals surface area (Å²) in [6.07, 6.45) is 3.81. The molecule has 0 spiro atoms. The summed E-state index contributed by atoms with van der Waals surface area (Å²) < 4.78 is 3.08. The smallest absolute Gasteiger partial charge is 0.327 e. The number of aromatic nitrogens is 2. The second-order valence-electron chi connectivity index (χ2n) is 4.27. The zero-order valence-electron chi connectivity index (χ0n) is 10.1. The van der Waals surface area contributed by atoms with Crippen molar-refractivity contribution in [3.8, 4) is 0 Å². The molecule has 2 rings (SSSR count). The first-order chi connectivity index (χ1) is 8.18. The summed E-state index contributed by atoms with van der Waals surface area (Å²) in [6.45, 7) is 3.71. The van der Waals surface area contributed by atoms with Crippen LogP contribution in [0.25, 0.3) is 0 Å². The van der Waals surface area contributed by atoms with Crippen molar-refractivity contribution in [3.05, 3.63) is 22.9 Å². The molecule has 6 nitrogen and oxygen atoms in total. The minimum atomic E-state index is -0.0712. The highest BCUT2D eigenvalue weighted by atomic mass is 16.2. The SMILES string of the molecule is Cn1ccn(CCC(=O)N2CCNCC2)c1=O.